The average Bonchev–Trinajstić information content (AvgIpc) is 3.17. The Bertz CT molecular complexity index is 1450. The fourth-order valence-electron chi connectivity index (χ4n) is 4.92. The molecule has 45 heavy (non-hydrogen) atoms. The zero-order valence-corrected chi connectivity index (χ0v) is 25.7. The Balaban J connectivity index is 0.00000177. The lowest BCUT2D eigenvalue weighted by molar-refractivity contribution is -0.128. The Morgan fingerprint density at radius 1 is 0.822 bits per heavy atom. The van der Waals surface area contributed by atoms with Gasteiger partial charge in [-0.25, -0.2) is 0 Å². The maximum Gasteiger partial charge on any atom is 0.251 e. The Kier molecular flexibility index (Phi) is 13.6. The zero-order chi connectivity index (χ0) is 32.6. The van der Waals surface area contributed by atoms with Crippen molar-refractivity contribution in [1.29, 1.82) is 0 Å². The number of fused-ring (bicyclic) bond motifs is 1. The Hall–Kier alpha value is -5.12. The van der Waals surface area contributed by atoms with E-state index in [0.29, 0.717) is 36.9 Å². The molecule has 0 spiro atoms. The van der Waals surface area contributed by atoms with Gasteiger partial charge in [0.15, 0.2) is 0 Å². The van der Waals surface area contributed by atoms with Gasteiger partial charge in [-0.3, -0.25) is 24.1 Å². The van der Waals surface area contributed by atoms with Crippen LogP contribution in [0.15, 0.2) is 84.9 Å². The number of carbonyl (C=O) groups excluding carboxylic acids is 6. The van der Waals surface area contributed by atoms with E-state index in [1.807, 2.05) is 60.7 Å². The highest BCUT2D eigenvalue weighted by Crippen LogP contribution is 2.33. The second-order valence-electron chi connectivity index (χ2n) is 10.5. The Morgan fingerprint density at radius 2 is 1.36 bits per heavy atom. The van der Waals surface area contributed by atoms with E-state index in [2.05, 4.69) is 10.6 Å². The molecule has 2 atom stereocenters. The van der Waals surface area contributed by atoms with Crippen molar-refractivity contribution in [3.63, 3.8) is 0 Å². The van der Waals surface area contributed by atoms with Gasteiger partial charge in [0.1, 0.15) is 25.2 Å². The maximum absolute atomic E-state index is 13.9. The van der Waals surface area contributed by atoms with Gasteiger partial charge < -0.3 is 25.1 Å². The van der Waals surface area contributed by atoms with Gasteiger partial charge in [0.25, 0.3) is 5.91 Å². The fraction of sp³-hybridized carbons (Fsp3) is 0.314. The third-order valence-electron chi connectivity index (χ3n) is 7.23. The van der Waals surface area contributed by atoms with Crippen LogP contribution in [-0.2, 0) is 41.6 Å². The lowest BCUT2D eigenvalue weighted by atomic mass is 10.1. The molecule has 0 radical (unpaired) electrons. The molecule has 0 unspecified atom stereocenters. The van der Waals surface area contributed by atoms with Crippen LogP contribution in [0.2, 0.25) is 0 Å². The quantitative estimate of drug-likeness (QED) is 0.301. The number of amides is 4. The molecule has 0 fully saturated rings. The molecule has 1 aliphatic heterocycles. The molecule has 1 heterocycles. The van der Waals surface area contributed by atoms with Crippen molar-refractivity contribution < 1.29 is 28.8 Å². The van der Waals surface area contributed by atoms with Gasteiger partial charge in [-0.05, 0) is 49.4 Å². The van der Waals surface area contributed by atoms with Gasteiger partial charge in [-0.15, -0.1) is 0 Å². The van der Waals surface area contributed by atoms with E-state index in [0.717, 1.165) is 17.4 Å². The number of benzene rings is 3. The number of anilines is 2. The lowest BCUT2D eigenvalue weighted by Gasteiger charge is -2.25. The second kappa shape index (κ2) is 17.9. The fourth-order valence-corrected chi connectivity index (χ4v) is 4.92. The van der Waals surface area contributed by atoms with E-state index in [1.165, 1.54) is 16.7 Å². The van der Waals surface area contributed by atoms with E-state index in [4.69, 9.17) is 4.79 Å². The first-order valence-corrected chi connectivity index (χ1v) is 15.0. The smallest absolute Gasteiger partial charge is 0.251 e. The summed E-state index contributed by atoms with van der Waals surface area (Å²) < 4.78 is 0. The van der Waals surface area contributed by atoms with Crippen molar-refractivity contribution in [2.75, 3.05) is 22.9 Å². The van der Waals surface area contributed by atoms with Crippen molar-refractivity contribution in [3.8, 4) is 0 Å². The largest absolute Gasteiger partial charge is 0.345 e. The highest BCUT2D eigenvalue weighted by molar-refractivity contribution is 6.10. The van der Waals surface area contributed by atoms with Crippen LogP contribution in [0.4, 0.5) is 11.4 Å². The molecule has 0 aromatic heterocycles. The number of nitrogens with zero attached hydrogens (tertiary/aromatic N) is 2. The van der Waals surface area contributed by atoms with Gasteiger partial charge in [0, 0.05) is 12.8 Å². The molecule has 10 nitrogen and oxygen atoms in total. The molecule has 4 amide bonds. The minimum atomic E-state index is -1.08. The number of aldehydes is 2. The van der Waals surface area contributed by atoms with Gasteiger partial charge >= 0.3 is 0 Å². The molecule has 3 aromatic carbocycles. The molecule has 0 aliphatic carbocycles. The first-order valence-electron chi connectivity index (χ1n) is 15.0. The third kappa shape index (κ3) is 10.2. The molecule has 2 N–H and O–H groups in total. The molecule has 0 bridgehead atoms. The normalized spacial score (nSPS) is 14.5. The number of aryl methyl sites for hydroxylation is 2. The summed E-state index contributed by atoms with van der Waals surface area (Å²) in [6.07, 6.45) is 3.16. The van der Waals surface area contributed by atoms with Gasteiger partial charge in [-0.2, -0.15) is 0 Å². The number of hydrogen-bond acceptors (Lipinski definition) is 6. The summed E-state index contributed by atoms with van der Waals surface area (Å²) in [6.45, 7) is 2.76. The Morgan fingerprint density at radius 3 is 1.91 bits per heavy atom. The predicted molar refractivity (Wildman–Crippen MR) is 173 cm³/mol. The van der Waals surface area contributed by atoms with Gasteiger partial charge in [-0.1, -0.05) is 79.7 Å². The van der Waals surface area contributed by atoms with Crippen LogP contribution in [0.25, 0.3) is 0 Å². The van der Waals surface area contributed by atoms with Crippen LogP contribution in [0.1, 0.15) is 44.2 Å². The van der Waals surface area contributed by atoms with Crippen LogP contribution in [0.3, 0.4) is 0 Å². The number of rotatable bonds is 12. The third-order valence-corrected chi connectivity index (χ3v) is 7.23. The van der Waals surface area contributed by atoms with Crippen molar-refractivity contribution >= 4 is 47.6 Å². The molecular formula is C35H40N4O6. The standard InChI is InChI=1S/C33H36N4O5.C2H4O/c1-2-26(23-38)34-31(40)22-37-29-16-10-9-15-28(29)36(32(41)20-18-25-13-7-4-8-14-25)21-27(33(37)42)35-30(39)19-17-24-11-5-3-6-12-24;1-2-3/h3-16,23,26-27H,2,17-22H2,1H3,(H,34,40)(H,35,39);2H,1H3/t26-,27-;/m0./s1. The van der Waals surface area contributed by atoms with Crippen LogP contribution < -0.4 is 20.4 Å². The highest BCUT2D eigenvalue weighted by Gasteiger charge is 2.37. The van der Waals surface area contributed by atoms with Crippen molar-refractivity contribution in [1.82, 2.24) is 10.6 Å². The highest BCUT2D eigenvalue weighted by atomic mass is 16.2. The first kappa shape index (κ1) is 34.4. The summed E-state index contributed by atoms with van der Waals surface area (Å²) in [5, 5.41) is 5.46. The minimum Gasteiger partial charge on any atom is -0.345 e. The molecule has 0 saturated carbocycles. The molecule has 3 aromatic rings. The van der Waals surface area contributed by atoms with Gasteiger partial charge in [0.2, 0.25) is 17.7 Å². The SMILES string of the molecule is CC=O.CC[C@@H](C=O)NC(=O)CN1C(=O)[C@@H](NC(=O)CCc2ccccc2)CN(C(=O)CCc2ccccc2)c2ccccc21. The molecule has 4 rings (SSSR count). The van der Waals surface area contributed by atoms with Crippen molar-refractivity contribution in [3.05, 3.63) is 96.1 Å². The topological polar surface area (TPSA) is 133 Å². The van der Waals surface area contributed by atoms with E-state index in [-0.39, 0.29) is 37.7 Å². The lowest BCUT2D eigenvalue weighted by Crippen LogP contribution is -2.54. The number of nitrogens with one attached hydrogen (secondary N) is 2. The first-order chi connectivity index (χ1) is 21.8. The minimum absolute atomic E-state index is 0.0788. The molecular weight excluding hydrogens is 572 g/mol. The van der Waals surface area contributed by atoms with E-state index in [9.17, 15) is 24.0 Å². The van der Waals surface area contributed by atoms with E-state index >= 15 is 0 Å². The molecule has 1 aliphatic rings. The summed E-state index contributed by atoms with van der Waals surface area (Å²) in [4.78, 5) is 76.5. The summed E-state index contributed by atoms with van der Waals surface area (Å²) in [5.41, 5.74) is 2.85. The summed E-state index contributed by atoms with van der Waals surface area (Å²) >= 11 is 0. The van der Waals surface area contributed by atoms with Crippen LogP contribution in [0.5, 0.6) is 0 Å². The van der Waals surface area contributed by atoms with Crippen LogP contribution >= 0.6 is 0 Å². The zero-order valence-electron chi connectivity index (χ0n) is 25.7. The van der Waals surface area contributed by atoms with Gasteiger partial charge in [0.05, 0.1) is 24.0 Å². The molecule has 236 valence electrons. The summed E-state index contributed by atoms with van der Waals surface area (Å²) in [7, 11) is 0. The maximum atomic E-state index is 13.9. The molecule has 0 saturated heterocycles. The number of carbonyl (C=O) groups is 6. The van der Waals surface area contributed by atoms with Crippen molar-refractivity contribution in [2.24, 2.45) is 0 Å². The average molecular weight is 613 g/mol. The van der Waals surface area contributed by atoms with E-state index < -0.39 is 23.9 Å². The number of para-hydroxylation sites is 2. The Labute approximate surface area is 263 Å². The van der Waals surface area contributed by atoms with E-state index in [1.54, 1.807) is 31.2 Å². The summed E-state index contributed by atoms with van der Waals surface area (Å²) in [6, 6.07) is 24.3. The van der Waals surface area contributed by atoms with Crippen molar-refractivity contribution in [2.45, 2.75) is 58.0 Å². The number of hydrogen-bond donors (Lipinski definition) is 2. The molecule has 10 heteroatoms. The predicted octanol–water partition coefficient (Wildman–Crippen LogP) is 3.42. The van der Waals surface area contributed by atoms with Crippen LogP contribution in [-0.4, -0.2) is 61.4 Å². The van der Waals surface area contributed by atoms with Crippen LogP contribution in [0, 0.1) is 0 Å². The second-order valence-corrected chi connectivity index (χ2v) is 10.5. The monoisotopic (exact) mass is 612 g/mol. The summed E-state index contributed by atoms with van der Waals surface area (Å²) in [5.74, 6) is -1.57.